The minimum atomic E-state index is -1.88. The molecule has 0 amide bonds. The van der Waals surface area contributed by atoms with Gasteiger partial charge < -0.3 is 14.6 Å². The van der Waals surface area contributed by atoms with Crippen molar-refractivity contribution in [2.24, 2.45) is 0 Å². The number of ether oxygens (including phenoxy) is 2. The maximum absolute atomic E-state index is 13.7. The van der Waals surface area contributed by atoms with Crippen LogP contribution in [0.5, 0.6) is 5.75 Å². The summed E-state index contributed by atoms with van der Waals surface area (Å²) in [6.07, 6.45) is 0.888. The fourth-order valence-corrected chi connectivity index (χ4v) is 4.85. The number of carboxylic acid groups (broad SMARTS) is 1. The van der Waals surface area contributed by atoms with E-state index in [4.69, 9.17) is 9.47 Å². The molecule has 0 spiro atoms. The van der Waals surface area contributed by atoms with E-state index < -0.39 is 31.0 Å². The van der Waals surface area contributed by atoms with Crippen molar-refractivity contribution in [2.75, 3.05) is 20.0 Å². The molecule has 1 N–H and O–H groups in total. The van der Waals surface area contributed by atoms with Gasteiger partial charge in [0.25, 0.3) is 0 Å². The summed E-state index contributed by atoms with van der Waals surface area (Å²) in [5.41, 5.74) is 2.22. The van der Waals surface area contributed by atoms with E-state index >= 15 is 0 Å². The molecule has 5 nitrogen and oxygen atoms in total. The molecule has 0 aliphatic carbocycles. The third-order valence-corrected chi connectivity index (χ3v) is 6.59. The lowest BCUT2D eigenvalue weighted by atomic mass is 9.85. The van der Waals surface area contributed by atoms with Crippen molar-refractivity contribution < 1.29 is 28.2 Å². The number of benzene rings is 3. The summed E-state index contributed by atoms with van der Waals surface area (Å²) in [7, 11) is 0. The second kappa shape index (κ2) is 8.89. The van der Waals surface area contributed by atoms with Crippen LogP contribution in [0.2, 0.25) is 0 Å². The van der Waals surface area contributed by atoms with E-state index in [2.05, 4.69) is 4.98 Å². The van der Waals surface area contributed by atoms with Crippen LogP contribution in [0.25, 0.3) is 32.8 Å². The minimum absolute atomic E-state index is 0.351. The smallest absolute Gasteiger partial charge is 0.337 e. The van der Waals surface area contributed by atoms with Crippen LogP contribution in [-0.2, 0) is 16.0 Å². The fourth-order valence-electron chi connectivity index (χ4n) is 4.85. The lowest BCUT2D eigenvalue weighted by Gasteiger charge is -2.30. The van der Waals surface area contributed by atoms with Crippen LogP contribution in [-0.4, -0.2) is 41.6 Å². The highest BCUT2D eigenvalue weighted by molar-refractivity contribution is 6.08. The van der Waals surface area contributed by atoms with Crippen molar-refractivity contribution in [2.45, 2.75) is 32.0 Å². The van der Waals surface area contributed by atoms with Crippen LogP contribution in [0.3, 0.4) is 0 Å². The molecule has 0 saturated carbocycles. The highest BCUT2D eigenvalue weighted by Gasteiger charge is 2.37. The number of aliphatic carboxylic acids is 1. The zero-order chi connectivity index (χ0) is 24.7. The number of rotatable bonds is 7. The Hall–Kier alpha value is -3.58. The van der Waals surface area contributed by atoms with E-state index in [0.717, 1.165) is 33.9 Å². The van der Waals surface area contributed by atoms with Crippen LogP contribution in [0.15, 0.2) is 54.7 Å². The molecule has 5 rings (SSSR count). The molecule has 7 heteroatoms. The number of hydrogen-bond donors (Lipinski definition) is 1. The molecule has 0 fully saturated rings. The zero-order valence-corrected chi connectivity index (χ0v) is 19.5. The van der Waals surface area contributed by atoms with Crippen molar-refractivity contribution in [3.05, 3.63) is 71.4 Å². The van der Waals surface area contributed by atoms with E-state index in [1.54, 1.807) is 13.1 Å². The Bertz CT molecular complexity index is 1440. The summed E-state index contributed by atoms with van der Waals surface area (Å²) in [5.74, 6) is -0.596. The third kappa shape index (κ3) is 3.90. The highest BCUT2D eigenvalue weighted by atomic mass is 19.1. The predicted molar refractivity (Wildman–Crippen MR) is 130 cm³/mol. The Morgan fingerprint density at radius 3 is 2.71 bits per heavy atom. The molecule has 0 unspecified atom stereocenters. The Morgan fingerprint density at radius 1 is 1.20 bits per heavy atom. The third-order valence-electron chi connectivity index (χ3n) is 6.59. The van der Waals surface area contributed by atoms with Gasteiger partial charge in [0.1, 0.15) is 24.7 Å². The first-order valence-electron chi connectivity index (χ1n) is 11.5. The lowest BCUT2D eigenvalue weighted by Crippen LogP contribution is -2.38. The second-order valence-electron chi connectivity index (χ2n) is 9.16. The molecule has 0 radical (unpaired) electrons. The van der Waals surface area contributed by atoms with Gasteiger partial charge in [-0.3, -0.25) is 4.98 Å². The SMILES string of the molecule is Cc1cc2ccccc2c(-c2ccc3c4c(ccnc24)CCO3)c1[C@H](OC(C)(CF)CF)C(=O)O. The summed E-state index contributed by atoms with van der Waals surface area (Å²) in [6.45, 7) is 1.28. The molecule has 0 bridgehead atoms. The van der Waals surface area contributed by atoms with Crippen molar-refractivity contribution in [3.8, 4) is 16.9 Å². The van der Waals surface area contributed by atoms with Crippen LogP contribution in [0.1, 0.15) is 29.7 Å². The van der Waals surface area contributed by atoms with Crippen LogP contribution >= 0.6 is 0 Å². The molecular weight excluding hydrogens is 452 g/mol. The first-order chi connectivity index (χ1) is 16.9. The van der Waals surface area contributed by atoms with Gasteiger partial charge in [0, 0.05) is 29.1 Å². The van der Waals surface area contributed by atoms with Gasteiger partial charge in [-0.1, -0.05) is 30.3 Å². The number of carbonyl (C=O) groups is 1. The average Bonchev–Trinajstić information content (AvgIpc) is 2.87. The molecule has 1 aliphatic rings. The van der Waals surface area contributed by atoms with Gasteiger partial charge >= 0.3 is 5.97 Å². The topological polar surface area (TPSA) is 68.7 Å². The molecule has 1 aromatic heterocycles. The molecule has 0 saturated heterocycles. The number of fused-ring (bicyclic) bond motifs is 1. The quantitative estimate of drug-likeness (QED) is 0.346. The summed E-state index contributed by atoms with van der Waals surface area (Å²) in [6, 6.07) is 15.2. The molecule has 180 valence electrons. The molecule has 2 heterocycles. The predicted octanol–water partition coefficient (Wildman–Crippen LogP) is 6.14. The van der Waals surface area contributed by atoms with Crippen LogP contribution in [0.4, 0.5) is 8.78 Å². The fraction of sp³-hybridized carbons (Fsp3) is 0.286. The summed E-state index contributed by atoms with van der Waals surface area (Å²) < 4.78 is 39.0. The summed E-state index contributed by atoms with van der Waals surface area (Å²) in [5, 5.41) is 12.8. The summed E-state index contributed by atoms with van der Waals surface area (Å²) >= 11 is 0. The number of hydrogen-bond acceptors (Lipinski definition) is 4. The van der Waals surface area contributed by atoms with E-state index in [9.17, 15) is 18.7 Å². The van der Waals surface area contributed by atoms with Crippen LogP contribution in [0, 0.1) is 6.92 Å². The van der Waals surface area contributed by atoms with E-state index in [1.165, 1.54) is 6.92 Å². The van der Waals surface area contributed by atoms with Crippen LogP contribution < -0.4 is 4.74 Å². The molecule has 3 aromatic carbocycles. The average molecular weight is 478 g/mol. The van der Waals surface area contributed by atoms with Crippen molar-refractivity contribution in [3.63, 3.8) is 0 Å². The first-order valence-corrected chi connectivity index (χ1v) is 11.5. The Balaban J connectivity index is 1.87. The van der Waals surface area contributed by atoms with E-state index in [0.29, 0.717) is 34.4 Å². The van der Waals surface area contributed by atoms with Crippen molar-refractivity contribution >= 4 is 27.6 Å². The Labute approximate surface area is 201 Å². The number of pyridine rings is 1. The molecule has 1 aliphatic heterocycles. The summed E-state index contributed by atoms with van der Waals surface area (Å²) in [4.78, 5) is 17.2. The number of aromatic nitrogens is 1. The standard InChI is InChI=1S/C28H25F2NO4/c1-16-13-18-5-3-4-6-19(18)24(22(16)26(27(32)33)35-28(2,14-29)15-30)20-7-8-21-23-17(10-12-34-21)9-11-31-25(20)23/h3-9,11,13,26H,10,12,14-15H2,1-2H3,(H,32,33)/t26-/m0/s1. The number of aryl methyl sites for hydroxylation is 1. The minimum Gasteiger partial charge on any atom is -0.493 e. The molecule has 4 aromatic rings. The normalized spacial score (nSPS) is 14.2. The van der Waals surface area contributed by atoms with Gasteiger partial charge in [-0.2, -0.15) is 0 Å². The van der Waals surface area contributed by atoms with Crippen molar-refractivity contribution in [1.82, 2.24) is 4.98 Å². The monoisotopic (exact) mass is 477 g/mol. The number of carboxylic acids is 1. The van der Waals surface area contributed by atoms with Gasteiger partial charge in [-0.25, -0.2) is 13.6 Å². The first kappa shape index (κ1) is 23.2. The van der Waals surface area contributed by atoms with Gasteiger partial charge in [-0.05, 0) is 59.5 Å². The van der Waals surface area contributed by atoms with Gasteiger partial charge in [0.15, 0.2) is 6.10 Å². The molecular formula is C28H25F2NO4. The Morgan fingerprint density at radius 2 is 1.97 bits per heavy atom. The maximum atomic E-state index is 13.7. The molecule has 1 atom stereocenters. The zero-order valence-electron chi connectivity index (χ0n) is 19.5. The van der Waals surface area contributed by atoms with Gasteiger partial charge in [0.2, 0.25) is 0 Å². The lowest BCUT2D eigenvalue weighted by molar-refractivity contribution is -0.167. The van der Waals surface area contributed by atoms with Gasteiger partial charge in [-0.15, -0.1) is 0 Å². The second-order valence-corrected chi connectivity index (χ2v) is 9.16. The highest BCUT2D eigenvalue weighted by Crippen LogP contribution is 2.45. The molecule has 35 heavy (non-hydrogen) atoms. The Kier molecular flexibility index (Phi) is 5.89. The number of nitrogens with zero attached hydrogens (tertiary/aromatic N) is 1. The number of halogens is 2. The maximum Gasteiger partial charge on any atom is 0.337 e. The number of alkyl halides is 2. The van der Waals surface area contributed by atoms with Gasteiger partial charge in [0.05, 0.1) is 12.1 Å². The van der Waals surface area contributed by atoms with E-state index in [-0.39, 0.29) is 0 Å². The van der Waals surface area contributed by atoms with Crippen molar-refractivity contribution in [1.29, 1.82) is 0 Å². The largest absolute Gasteiger partial charge is 0.493 e. The van der Waals surface area contributed by atoms with E-state index in [1.807, 2.05) is 48.5 Å².